The van der Waals surface area contributed by atoms with Crippen LogP contribution in [-0.2, 0) is 0 Å². The third-order valence-corrected chi connectivity index (χ3v) is 3.63. The monoisotopic (exact) mass is 304 g/mol. The largest absolute Gasteiger partial charge is 0.388 e. The molecule has 2 aromatic rings. The Morgan fingerprint density at radius 2 is 1.78 bits per heavy atom. The van der Waals surface area contributed by atoms with Gasteiger partial charge in [-0.1, -0.05) is 34.1 Å². The van der Waals surface area contributed by atoms with Crippen LogP contribution in [0.5, 0.6) is 0 Å². The molecule has 0 amide bonds. The third kappa shape index (κ3) is 2.74. The Balaban J connectivity index is 2.34. The molecule has 3 N–H and O–H groups in total. The first kappa shape index (κ1) is 13.1. The van der Waals surface area contributed by atoms with Crippen LogP contribution in [-0.4, -0.2) is 7.05 Å². The fraction of sp³-hybridized carbons (Fsp3) is 0.200. The summed E-state index contributed by atoms with van der Waals surface area (Å²) in [6.07, 6.45) is 0. The Labute approximate surface area is 116 Å². The number of hydrogen-bond acceptors (Lipinski definition) is 2. The van der Waals surface area contributed by atoms with Crippen LogP contribution in [0.3, 0.4) is 0 Å². The van der Waals surface area contributed by atoms with Crippen LogP contribution >= 0.6 is 15.9 Å². The number of hydrogen-bond donors (Lipinski definition) is 2. The molecule has 3 heteroatoms. The standard InChI is InChI=1S/C15H17BrN2/c1-10-3-6-12(16)9-14(10)15(17)11-4-7-13(18-2)8-5-11/h3-9,15,18H,17H2,1-2H3. The van der Waals surface area contributed by atoms with Crippen LogP contribution in [0.2, 0.25) is 0 Å². The molecule has 0 saturated heterocycles. The van der Waals surface area contributed by atoms with Crippen LogP contribution in [0, 0.1) is 6.92 Å². The van der Waals surface area contributed by atoms with Crippen molar-refractivity contribution in [3.63, 3.8) is 0 Å². The molecule has 0 bridgehead atoms. The molecule has 0 heterocycles. The minimum Gasteiger partial charge on any atom is -0.388 e. The molecule has 2 nitrogen and oxygen atoms in total. The van der Waals surface area contributed by atoms with Gasteiger partial charge in [0.1, 0.15) is 0 Å². The second kappa shape index (κ2) is 5.55. The van der Waals surface area contributed by atoms with E-state index in [1.807, 2.05) is 25.2 Å². The van der Waals surface area contributed by atoms with E-state index >= 15 is 0 Å². The summed E-state index contributed by atoms with van der Waals surface area (Å²) in [5.41, 5.74) is 10.9. The summed E-state index contributed by atoms with van der Waals surface area (Å²) in [7, 11) is 1.91. The van der Waals surface area contributed by atoms with Crippen molar-refractivity contribution in [1.82, 2.24) is 0 Å². The van der Waals surface area contributed by atoms with E-state index in [1.165, 1.54) is 5.56 Å². The van der Waals surface area contributed by atoms with E-state index in [0.29, 0.717) is 0 Å². The second-order valence-electron chi connectivity index (χ2n) is 4.35. The smallest absolute Gasteiger partial charge is 0.0554 e. The SMILES string of the molecule is CNc1ccc(C(N)c2cc(Br)ccc2C)cc1. The molecular formula is C15H17BrN2. The number of halogens is 1. The van der Waals surface area contributed by atoms with E-state index in [9.17, 15) is 0 Å². The van der Waals surface area contributed by atoms with Gasteiger partial charge in [-0.15, -0.1) is 0 Å². The summed E-state index contributed by atoms with van der Waals surface area (Å²) in [5, 5.41) is 3.11. The number of aryl methyl sites for hydroxylation is 1. The summed E-state index contributed by atoms with van der Waals surface area (Å²) in [4.78, 5) is 0. The minimum absolute atomic E-state index is 0.0894. The highest BCUT2D eigenvalue weighted by molar-refractivity contribution is 9.10. The second-order valence-corrected chi connectivity index (χ2v) is 5.27. The molecule has 18 heavy (non-hydrogen) atoms. The van der Waals surface area contributed by atoms with E-state index in [2.05, 4.69) is 52.4 Å². The highest BCUT2D eigenvalue weighted by Crippen LogP contribution is 2.26. The first-order valence-electron chi connectivity index (χ1n) is 5.91. The Hall–Kier alpha value is -1.32. The fourth-order valence-corrected chi connectivity index (χ4v) is 2.36. The van der Waals surface area contributed by atoms with E-state index in [4.69, 9.17) is 5.73 Å². The number of nitrogens with two attached hydrogens (primary N) is 1. The van der Waals surface area contributed by atoms with Crippen molar-refractivity contribution in [2.45, 2.75) is 13.0 Å². The van der Waals surface area contributed by atoms with Crippen molar-refractivity contribution in [2.75, 3.05) is 12.4 Å². The van der Waals surface area contributed by atoms with Crippen molar-refractivity contribution >= 4 is 21.6 Å². The average Bonchev–Trinajstić information content (AvgIpc) is 2.41. The summed E-state index contributed by atoms with van der Waals surface area (Å²) < 4.78 is 1.06. The molecule has 1 atom stereocenters. The Bertz CT molecular complexity index is 535. The van der Waals surface area contributed by atoms with Gasteiger partial charge in [0.05, 0.1) is 6.04 Å². The van der Waals surface area contributed by atoms with Gasteiger partial charge in [0.2, 0.25) is 0 Å². The summed E-state index contributed by atoms with van der Waals surface area (Å²) in [6, 6.07) is 14.3. The van der Waals surface area contributed by atoms with Crippen molar-refractivity contribution in [3.05, 3.63) is 63.6 Å². The van der Waals surface area contributed by atoms with Crippen molar-refractivity contribution in [3.8, 4) is 0 Å². The molecule has 1 unspecified atom stereocenters. The molecule has 0 aliphatic heterocycles. The maximum absolute atomic E-state index is 6.34. The van der Waals surface area contributed by atoms with Gasteiger partial charge in [0.25, 0.3) is 0 Å². The topological polar surface area (TPSA) is 38.0 Å². The van der Waals surface area contributed by atoms with Crippen LogP contribution in [0.1, 0.15) is 22.7 Å². The molecular weight excluding hydrogens is 288 g/mol. The van der Waals surface area contributed by atoms with Gasteiger partial charge in [-0.25, -0.2) is 0 Å². The number of benzene rings is 2. The predicted octanol–water partition coefficient (Wildman–Crippen LogP) is 3.85. The molecule has 0 aliphatic rings. The maximum atomic E-state index is 6.34. The lowest BCUT2D eigenvalue weighted by atomic mass is 9.96. The fourth-order valence-electron chi connectivity index (χ4n) is 1.98. The van der Waals surface area contributed by atoms with Crippen molar-refractivity contribution < 1.29 is 0 Å². The highest BCUT2D eigenvalue weighted by Gasteiger charge is 2.11. The van der Waals surface area contributed by atoms with Gasteiger partial charge in [-0.05, 0) is 47.9 Å². The quantitative estimate of drug-likeness (QED) is 0.904. The number of rotatable bonds is 3. The van der Waals surface area contributed by atoms with Crippen LogP contribution in [0.4, 0.5) is 5.69 Å². The van der Waals surface area contributed by atoms with E-state index < -0.39 is 0 Å². The van der Waals surface area contributed by atoms with E-state index in [-0.39, 0.29) is 6.04 Å². The minimum atomic E-state index is -0.0894. The Morgan fingerprint density at radius 1 is 1.11 bits per heavy atom. The molecule has 0 fully saturated rings. The Morgan fingerprint density at radius 3 is 2.39 bits per heavy atom. The highest BCUT2D eigenvalue weighted by atomic mass is 79.9. The zero-order valence-electron chi connectivity index (χ0n) is 10.6. The van der Waals surface area contributed by atoms with Gasteiger partial charge in [0.15, 0.2) is 0 Å². The summed E-state index contributed by atoms with van der Waals surface area (Å²) in [5.74, 6) is 0. The van der Waals surface area contributed by atoms with E-state index in [1.54, 1.807) is 0 Å². The van der Waals surface area contributed by atoms with Gasteiger partial charge < -0.3 is 11.1 Å². The zero-order chi connectivity index (χ0) is 13.1. The lowest BCUT2D eigenvalue weighted by molar-refractivity contribution is 0.861. The lowest BCUT2D eigenvalue weighted by Gasteiger charge is -2.16. The van der Waals surface area contributed by atoms with E-state index in [0.717, 1.165) is 21.3 Å². The molecule has 94 valence electrons. The molecule has 0 saturated carbocycles. The van der Waals surface area contributed by atoms with Gasteiger partial charge >= 0.3 is 0 Å². The normalized spacial score (nSPS) is 12.2. The molecule has 0 aromatic heterocycles. The predicted molar refractivity (Wildman–Crippen MR) is 80.9 cm³/mol. The van der Waals surface area contributed by atoms with Crippen LogP contribution in [0.15, 0.2) is 46.9 Å². The van der Waals surface area contributed by atoms with Crippen molar-refractivity contribution in [1.29, 1.82) is 0 Å². The van der Waals surface area contributed by atoms with Crippen LogP contribution < -0.4 is 11.1 Å². The molecule has 0 aliphatic carbocycles. The first-order chi connectivity index (χ1) is 8.61. The third-order valence-electron chi connectivity index (χ3n) is 3.13. The van der Waals surface area contributed by atoms with Gasteiger partial charge in [-0.3, -0.25) is 0 Å². The maximum Gasteiger partial charge on any atom is 0.0554 e. The van der Waals surface area contributed by atoms with Gasteiger partial charge in [0, 0.05) is 17.2 Å². The van der Waals surface area contributed by atoms with Crippen LogP contribution in [0.25, 0.3) is 0 Å². The summed E-state index contributed by atoms with van der Waals surface area (Å²) in [6.45, 7) is 2.09. The van der Waals surface area contributed by atoms with Gasteiger partial charge in [-0.2, -0.15) is 0 Å². The molecule has 2 rings (SSSR count). The summed E-state index contributed by atoms with van der Waals surface area (Å²) >= 11 is 3.49. The number of nitrogens with one attached hydrogen (secondary N) is 1. The average molecular weight is 305 g/mol. The first-order valence-corrected chi connectivity index (χ1v) is 6.70. The number of anilines is 1. The molecule has 0 radical (unpaired) electrons. The van der Waals surface area contributed by atoms with Crippen molar-refractivity contribution in [2.24, 2.45) is 5.73 Å². The Kier molecular flexibility index (Phi) is 4.04. The molecule has 2 aromatic carbocycles. The lowest BCUT2D eigenvalue weighted by Crippen LogP contribution is -2.13. The zero-order valence-corrected chi connectivity index (χ0v) is 12.2. The molecule has 0 spiro atoms.